The average molecular weight is 359 g/mol. The van der Waals surface area contributed by atoms with Gasteiger partial charge in [0.05, 0.1) is 11.3 Å². The van der Waals surface area contributed by atoms with Crippen LogP contribution in [0.25, 0.3) is 0 Å². The third-order valence-corrected chi connectivity index (χ3v) is 4.17. The highest BCUT2D eigenvalue weighted by molar-refractivity contribution is 5.87. The third kappa shape index (κ3) is 5.05. The van der Waals surface area contributed by atoms with Crippen LogP contribution in [0.2, 0.25) is 0 Å². The van der Waals surface area contributed by atoms with E-state index < -0.39 is 5.97 Å². The van der Waals surface area contributed by atoms with E-state index in [-0.39, 0.29) is 5.56 Å². The highest BCUT2D eigenvalue weighted by atomic mass is 16.5. The predicted octanol–water partition coefficient (Wildman–Crippen LogP) is 5.33. The van der Waals surface area contributed by atoms with Crippen LogP contribution < -0.4 is 4.74 Å². The molecule has 1 N–H and O–H groups in total. The van der Waals surface area contributed by atoms with Gasteiger partial charge >= 0.3 is 5.97 Å². The van der Waals surface area contributed by atoms with E-state index in [4.69, 9.17) is 9.84 Å². The summed E-state index contributed by atoms with van der Waals surface area (Å²) in [5.74, 6) is -0.194. The molecule has 0 aliphatic carbocycles. The Hall–Kier alpha value is -3.40. The van der Waals surface area contributed by atoms with E-state index in [2.05, 4.69) is 31.0 Å². The Labute approximate surface area is 158 Å². The van der Waals surface area contributed by atoms with Gasteiger partial charge in [0.2, 0.25) is 0 Å². The topological polar surface area (TPSA) is 58.9 Å². The Balaban J connectivity index is 1.66. The first kappa shape index (κ1) is 18.4. The predicted molar refractivity (Wildman–Crippen MR) is 107 cm³/mol. The molecule has 4 nitrogen and oxygen atoms in total. The number of aryl methyl sites for hydroxylation is 2. The molecule has 27 heavy (non-hydrogen) atoms. The van der Waals surface area contributed by atoms with Crippen molar-refractivity contribution in [1.29, 1.82) is 0 Å². The molecule has 0 spiro atoms. The summed E-state index contributed by atoms with van der Waals surface area (Å²) in [6, 6.07) is 20.6. The number of hydrogen-bond donors (Lipinski definition) is 1. The summed E-state index contributed by atoms with van der Waals surface area (Å²) in [5.41, 5.74) is 5.44. The Kier molecular flexibility index (Phi) is 5.67. The van der Waals surface area contributed by atoms with Crippen LogP contribution in [0.1, 0.15) is 32.6 Å². The first-order valence-electron chi connectivity index (χ1n) is 8.68. The van der Waals surface area contributed by atoms with Crippen LogP contribution in [0.3, 0.4) is 0 Å². The number of benzene rings is 3. The monoisotopic (exact) mass is 359 g/mol. The molecule has 0 radical (unpaired) electrons. The fourth-order valence-electron chi connectivity index (χ4n) is 2.69. The van der Waals surface area contributed by atoms with Crippen molar-refractivity contribution >= 4 is 17.9 Å². The molecule has 0 aliphatic heterocycles. The minimum Gasteiger partial charge on any atom is -0.489 e. The average Bonchev–Trinajstić information content (AvgIpc) is 2.66. The van der Waals surface area contributed by atoms with Gasteiger partial charge in [-0.15, -0.1) is 0 Å². The van der Waals surface area contributed by atoms with E-state index in [0.717, 1.165) is 28.1 Å². The molecule has 0 atom stereocenters. The van der Waals surface area contributed by atoms with Gasteiger partial charge in [-0.25, -0.2) is 4.79 Å². The Morgan fingerprint density at radius 3 is 2.52 bits per heavy atom. The largest absolute Gasteiger partial charge is 0.489 e. The van der Waals surface area contributed by atoms with Crippen molar-refractivity contribution < 1.29 is 14.6 Å². The minimum atomic E-state index is -0.932. The van der Waals surface area contributed by atoms with Gasteiger partial charge in [-0.3, -0.25) is 4.99 Å². The molecule has 136 valence electrons. The third-order valence-electron chi connectivity index (χ3n) is 4.17. The van der Waals surface area contributed by atoms with Crippen LogP contribution in [0.5, 0.6) is 5.75 Å². The fourth-order valence-corrected chi connectivity index (χ4v) is 2.69. The lowest BCUT2D eigenvalue weighted by atomic mass is 10.1. The quantitative estimate of drug-likeness (QED) is 0.605. The van der Waals surface area contributed by atoms with Crippen LogP contribution in [0, 0.1) is 13.8 Å². The smallest absolute Gasteiger partial charge is 0.335 e. The van der Waals surface area contributed by atoms with Crippen LogP contribution in [-0.2, 0) is 6.61 Å². The zero-order chi connectivity index (χ0) is 19.2. The summed E-state index contributed by atoms with van der Waals surface area (Å²) in [4.78, 5) is 15.5. The fraction of sp³-hybridized carbons (Fsp3) is 0.130. The van der Waals surface area contributed by atoms with E-state index >= 15 is 0 Å². The van der Waals surface area contributed by atoms with E-state index in [1.807, 2.05) is 36.5 Å². The van der Waals surface area contributed by atoms with Crippen molar-refractivity contribution in [3.05, 3.63) is 94.5 Å². The molecule has 0 saturated heterocycles. The van der Waals surface area contributed by atoms with E-state index in [1.165, 1.54) is 5.56 Å². The van der Waals surface area contributed by atoms with Gasteiger partial charge in [0, 0.05) is 6.21 Å². The molecular formula is C23H21NO3. The molecule has 0 heterocycles. The minimum absolute atomic E-state index is 0.267. The van der Waals surface area contributed by atoms with Gasteiger partial charge in [0.25, 0.3) is 0 Å². The zero-order valence-corrected chi connectivity index (χ0v) is 15.3. The molecule has 3 aromatic rings. The maximum Gasteiger partial charge on any atom is 0.335 e. The number of hydrogen-bond acceptors (Lipinski definition) is 3. The summed E-state index contributed by atoms with van der Waals surface area (Å²) in [6.45, 7) is 4.49. The second kappa shape index (κ2) is 8.32. The maximum atomic E-state index is 10.9. The lowest BCUT2D eigenvalue weighted by molar-refractivity contribution is 0.0697. The van der Waals surface area contributed by atoms with Gasteiger partial charge in [-0.2, -0.15) is 0 Å². The number of rotatable bonds is 6. The van der Waals surface area contributed by atoms with Crippen molar-refractivity contribution in [3.8, 4) is 5.75 Å². The summed E-state index contributed by atoms with van der Waals surface area (Å²) in [7, 11) is 0. The van der Waals surface area contributed by atoms with Gasteiger partial charge in [-0.1, -0.05) is 42.0 Å². The van der Waals surface area contributed by atoms with Gasteiger partial charge in [0.1, 0.15) is 12.4 Å². The molecule has 0 saturated carbocycles. The first-order valence-corrected chi connectivity index (χ1v) is 8.68. The SMILES string of the molecule is Cc1ccc(N=Cc2cccc(OCc3ccc(C(=O)O)cc3)c2)c(C)c1. The Morgan fingerprint density at radius 2 is 1.81 bits per heavy atom. The summed E-state index contributed by atoms with van der Waals surface area (Å²) in [6.07, 6.45) is 1.83. The molecule has 0 fully saturated rings. The molecule has 3 rings (SSSR count). The van der Waals surface area contributed by atoms with Crippen molar-refractivity contribution in [2.24, 2.45) is 4.99 Å². The summed E-state index contributed by atoms with van der Waals surface area (Å²) in [5, 5.41) is 8.93. The molecule has 0 unspecified atom stereocenters. The number of aromatic carboxylic acids is 1. The first-order chi connectivity index (χ1) is 13.0. The summed E-state index contributed by atoms with van der Waals surface area (Å²) < 4.78 is 5.82. The number of carbonyl (C=O) groups is 1. The van der Waals surface area contributed by atoms with Crippen molar-refractivity contribution in [2.75, 3.05) is 0 Å². The standard InChI is InChI=1S/C23H21NO3/c1-16-6-11-22(17(2)12-16)24-14-19-4-3-5-21(13-19)27-15-18-7-9-20(10-8-18)23(25)26/h3-14H,15H2,1-2H3,(H,25,26). The molecular weight excluding hydrogens is 338 g/mol. The van der Waals surface area contributed by atoms with E-state index in [0.29, 0.717) is 6.61 Å². The van der Waals surface area contributed by atoms with Crippen molar-refractivity contribution in [3.63, 3.8) is 0 Å². The van der Waals surface area contributed by atoms with E-state index in [1.54, 1.807) is 24.3 Å². The number of carboxylic acids is 1. The van der Waals surface area contributed by atoms with Crippen LogP contribution in [-0.4, -0.2) is 17.3 Å². The number of nitrogens with zero attached hydrogens (tertiary/aromatic N) is 1. The van der Waals surface area contributed by atoms with Crippen LogP contribution >= 0.6 is 0 Å². The van der Waals surface area contributed by atoms with Crippen molar-refractivity contribution in [1.82, 2.24) is 0 Å². The maximum absolute atomic E-state index is 10.9. The lowest BCUT2D eigenvalue weighted by Crippen LogP contribution is -1.99. The second-order valence-electron chi connectivity index (χ2n) is 6.41. The summed E-state index contributed by atoms with van der Waals surface area (Å²) >= 11 is 0. The highest BCUT2D eigenvalue weighted by Crippen LogP contribution is 2.20. The Bertz CT molecular complexity index is 975. The number of carboxylic acid groups (broad SMARTS) is 1. The molecule has 0 aliphatic rings. The molecule has 3 aromatic carbocycles. The molecule has 0 aromatic heterocycles. The molecule has 0 bridgehead atoms. The van der Waals surface area contributed by atoms with Crippen LogP contribution in [0.15, 0.2) is 71.7 Å². The highest BCUT2D eigenvalue weighted by Gasteiger charge is 2.03. The molecule has 4 heteroatoms. The number of ether oxygens (including phenoxy) is 1. The lowest BCUT2D eigenvalue weighted by Gasteiger charge is -2.07. The normalized spacial score (nSPS) is 10.9. The van der Waals surface area contributed by atoms with Gasteiger partial charge in [-0.05, 0) is 60.9 Å². The van der Waals surface area contributed by atoms with Gasteiger partial charge in [0.15, 0.2) is 0 Å². The Morgan fingerprint density at radius 1 is 1.04 bits per heavy atom. The molecule has 0 amide bonds. The second-order valence-corrected chi connectivity index (χ2v) is 6.41. The van der Waals surface area contributed by atoms with E-state index in [9.17, 15) is 4.79 Å². The zero-order valence-electron chi connectivity index (χ0n) is 15.3. The number of aliphatic imine (C=N–C) groups is 1. The van der Waals surface area contributed by atoms with Crippen LogP contribution in [0.4, 0.5) is 5.69 Å². The van der Waals surface area contributed by atoms with Crippen molar-refractivity contribution in [2.45, 2.75) is 20.5 Å². The van der Waals surface area contributed by atoms with Gasteiger partial charge < -0.3 is 9.84 Å².